The Balaban J connectivity index is 1.90. The van der Waals surface area contributed by atoms with Crippen molar-refractivity contribution in [3.63, 3.8) is 0 Å². The highest BCUT2D eigenvalue weighted by molar-refractivity contribution is 6.53. The zero-order valence-electron chi connectivity index (χ0n) is 11.2. The number of carbonyl (C=O) groups is 3. The summed E-state index contributed by atoms with van der Waals surface area (Å²) in [4.78, 5) is 37.1. The summed E-state index contributed by atoms with van der Waals surface area (Å²) in [7, 11) is 0. The third-order valence-electron chi connectivity index (χ3n) is 4.14. The number of nitrogens with zero attached hydrogens (tertiary/aromatic N) is 1. The van der Waals surface area contributed by atoms with Crippen molar-refractivity contribution in [1.29, 1.82) is 0 Å². The fourth-order valence-electron chi connectivity index (χ4n) is 2.98. The summed E-state index contributed by atoms with van der Waals surface area (Å²) >= 11 is 5.64. The average molecular weight is 310 g/mol. The van der Waals surface area contributed by atoms with Gasteiger partial charge in [0.15, 0.2) is 5.78 Å². The lowest BCUT2D eigenvalue weighted by atomic mass is 10.0. The molecule has 2 aliphatic rings. The molecule has 0 atom stereocenters. The van der Waals surface area contributed by atoms with E-state index in [-0.39, 0.29) is 34.5 Å². The molecule has 0 bridgehead atoms. The maximum absolute atomic E-state index is 13.6. The molecule has 0 unspecified atom stereocenters. The Hall–Kier alpha value is -1.75. The second kappa shape index (κ2) is 5.22. The minimum absolute atomic E-state index is 0.0608. The monoisotopic (exact) mass is 309 g/mol. The van der Waals surface area contributed by atoms with E-state index in [2.05, 4.69) is 0 Å². The molecular weight excluding hydrogens is 297 g/mol. The molecule has 110 valence electrons. The molecule has 1 saturated carbocycles. The standard InChI is InChI=1S/C15H13ClFNO3/c16-10-5-9-12(6-11(10)17)18(15(21)14(9)20)7-13(19)8-3-1-2-4-8/h5-6,8H,1-4,7H2. The van der Waals surface area contributed by atoms with Crippen molar-refractivity contribution < 1.29 is 18.8 Å². The number of hydrogen-bond acceptors (Lipinski definition) is 3. The van der Waals surface area contributed by atoms with E-state index in [1.165, 1.54) is 0 Å². The van der Waals surface area contributed by atoms with Crippen LogP contribution >= 0.6 is 11.6 Å². The Morgan fingerprint density at radius 2 is 1.95 bits per heavy atom. The Bertz CT molecular complexity index is 653. The van der Waals surface area contributed by atoms with Gasteiger partial charge in [-0.2, -0.15) is 0 Å². The summed E-state index contributed by atoms with van der Waals surface area (Å²) in [5.41, 5.74) is 0.198. The van der Waals surface area contributed by atoms with Crippen molar-refractivity contribution in [2.45, 2.75) is 25.7 Å². The number of ketones is 2. The van der Waals surface area contributed by atoms with E-state index in [0.717, 1.165) is 42.7 Å². The van der Waals surface area contributed by atoms with E-state index < -0.39 is 17.5 Å². The van der Waals surface area contributed by atoms with Gasteiger partial charge in [-0.05, 0) is 25.0 Å². The van der Waals surface area contributed by atoms with Gasteiger partial charge in [0, 0.05) is 5.92 Å². The van der Waals surface area contributed by atoms with Crippen LogP contribution in [0.25, 0.3) is 0 Å². The molecule has 21 heavy (non-hydrogen) atoms. The van der Waals surface area contributed by atoms with Gasteiger partial charge in [-0.15, -0.1) is 0 Å². The maximum Gasteiger partial charge on any atom is 0.299 e. The average Bonchev–Trinajstić information content (AvgIpc) is 3.05. The Labute approximate surface area is 125 Å². The highest BCUT2D eigenvalue weighted by Gasteiger charge is 2.38. The van der Waals surface area contributed by atoms with E-state index in [0.29, 0.717) is 0 Å². The van der Waals surface area contributed by atoms with Crippen LogP contribution in [0.4, 0.5) is 10.1 Å². The molecule has 1 heterocycles. The van der Waals surface area contributed by atoms with Gasteiger partial charge < -0.3 is 0 Å². The topological polar surface area (TPSA) is 54.5 Å². The minimum Gasteiger partial charge on any atom is -0.297 e. The molecule has 1 fully saturated rings. The van der Waals surface area contributed by atoms with E-state index in [9.17, 15) is 18.8 Å². The van der Waals surface area contributed by atoms with Crippen molar-refractivity contribution >= 4 is 34.8 Å². The smallest absolute Gasteiger partial charge is 0.297 e. The molecule has 0 saturated heterocycles. The lowest BCUT2D eigenvalue weighted by Gasteiger charge is -2.18. The van der Waals surface area contributed by atoms with Crippen LogP contribution in [0, 0.1) is 11.7 Å². The first-order valence-corrected chi connectivity index (χ1v) is 7.25. The summed E-state index contributed by atoms with van der Waals surface area (Å²) < 4.78 is 13.6. The number of hydrogen-bond donors (Lipinski definition) is 0. The molecule has 1 aliphatic carbocycles. The number of rotatable bonds is 3. The fourth-order valence-corrected chi connectivity index (χ4v) is 3.14. The van der Waals surface area contributed by atoms with Crippen LogP contribution in [0.3, 0.4) is 0 Å². The summed E-state index contributed by atoms with van der Waals surface area (Å²) in [6.07, 6.45) is 3.64. The SMILES string of the molecule is O=C1C(=O)N(CC(=O)C2CCCC2)c2cc(F)c(Cl)cc21. The quantitative estimate of drug-likeness (QED) is 0.807. The van der Waals surface area contributed by atoms with Gasteiger partial charge in [0.05, 0.1) is 22.8 Å². The van der Waals surface area contributed by atoms with Gasteiger partial charge in [-0.1, -0.05) is 24.4 Å². The minimum atomic E-state index is -0.794. The molecule has 1 aromatic carbocycles. The van der Waals surface area contributed by atoms with Crippen molar-refractivity contribution in [3.8, 4) is 0 Å². The highest BCUT2D eigenvalue weighted by atomic mass is 35.5. The van der Waals surface area contributed by atoms with Gasteiger partial charge in [-0.3, -0.25) is 19.3 Å². The molecule has 0 spiro atoms. The fraction of sp³-hybridized carbons (Fsp3) is 0.400. The predicted molar refractivity (Wildman–Crippen MR) is 75.1 cm³/mol. The Morgan fingerprint density at radius 1 is 1.29 bits per heavy atom. The van der Waals surface area contributed by atoms with Crippen LogP contribution in [0.15, 0.2) is 12.1 Å². The first-order valence-electron chi connectivity index (χ1n) is 6.87. The number of Topliss-reactive ketones (excluding diaryl/α,β-unsaturated/α-hetero) is 2. The summed E-state index contributed by atoms with van der Waals surface area (Å²) in [6, 6.07) is 2.19. The molecule has 4 nitrogen and oxygen atoms in total. The van der Waals surface area contributed by atoms with Gasteiger partial charge in [0.1, 0.15) is 5.82 Å². The molecular formula is C15H13ClFNO3. The van der Waals surface area contributed by atoms with Gasteiger partial charge in [0.2, 0.25) is 0 Å². The van der Waals surface area contributed by atoms with Gasteiger partial charge >= 0.3 is 0 Å². The molecule has 3 rings (SSSR count). The van der Waals surface area contributed by atoms with Gasteiger partial charge in [0.25, 0.3) is 11.7 Å². The Kier molecular flexibility index (Phi) is 3.53. The van der Waals surface area contributed by atoms with E-state index in [1.807, 2.05) is 0 Å². The largest absolute Gasteiger partial charge is 0.299 e. The van der Waals surface area contributed by atoms with Crippen molar-refractivity contribution in [3.05, 3.63) is 28.5 Å². The number of anilines is 1. The number of fused-ring (bicyclic) bond motifs is 1. The third-order valence-corrected chi connectivity index (χ3v) is 4.43. The van der Waals surface area contributed by atoms with Crippen LogP contribution in [-0.4, -0.2) is 24.0 Å². The molecule has 6 heteroatoms. The van der Waals surface area contributed by atoms with Crippen LogP contribution in [-0.2, 0) is 9.59 Å². The molecule has 1 aliphatic heterocycles. The third kappa shape index (κ3) is 2.35. The number of carbonyl (C=O) groups excluding carboxylic acids is 3. The molecule has 0 N–H and O–H groups in total. The Morgan fingerprint density at radius 3 is 2.62 bits per heavy atom. The summed E-state index contributed by atoms with van der Waals surface area (Å²) in [5, 5.41) is -0.209. The molecule has 0 radical (unpaired) electrons. The lowest BCUT2D eigenvalue weighted by molar-refractivity contribution is -0.123. The summed E-state index contributed by atoms with van der Waals surface area (Å²) in [6.45, 7) is -0.177. The van der Waals surface area contributed by atoms with Crippen LogP contribution in [0.2, 0.25) is 5.02 Å². The number of halogens is 2. The zero-order valence-corrected chi connectivity index (χ0v) is 12.0. The number of amides is 1. The van der Waals surface area contributed by atoms with E-state index >= 15 is 0 Å². The van der Waals surface area contributed by atoms with Crippen molar-refractivity contribution in [2.24, 2.45) is 5.92 Å². The first kappa shape index (κ1) is 14.2. The predicted octanol–water partition coefficient (Wildman–Crippen LogP) is 2.77. The lowest BCUT2D eigenvalue weighted by Crippen LogP contribution is -2.36. The molecule has 1 amide bonds. The van der Waals surface area contributed by atoms with Crippen LogP contribution in [0.5, 0.6) is 0 Å². The first-order chi connectivity index (χ1) is 9.99. The zero-order chi connectivity index (χ0) is 15.1. The van der Waals surface area contributed by atoms with E-state index in [1.54, 1.807) is 0 Å². The second-order valence-electron chi connectivity index (χ2n) is 5.45. The highest BCUT2D eigenvalue weighted by Crippen LogP contribution is 2.34. The van der Waals surface area contributed by atoms with E-state index in [4.69, 9.17) is 11.6 Å². The molecule has 0 aromatic heterocycles. The second-order valence-corrected chi connectivity index (χ2v) is 5.86. The van der Waals surface area contributed by atoms with Crippen LogP contribution < -0.4 is 4.90 Å². The van der Waals surface area contributed by atoms with Crippen molar-refractivity contribution in [1.82, 2.24) is 0 Å². The van der Waals surface area contributed by atoms with Crippen molar-refractivity contribution in [2.75, 3.05) is 11.4 Å². The van der Waals surface area contributed by atoms with Gasteiger partial charge in [-0.25, -0.2) is 4.39 Å². The number of benzene rings is 1. The van der Waals surface area contributed by atoms with Crippen LogP contribution in [0.1, 0.15) is 36.0 Å². The summed E-state index contributed by atoms with van der Waals surface area (Å²) in [5.74, 6) is -2.38. The normalized spacial score (nSPS) is 18.5. The molecule has 1 aromatic rings. The maximum atomic E-state index is 13.6.